The Labute approximate surface area is 279 Å². The molecule has 266 valence electrons. The number of pyridine rings is 1. The minimum Gasteiger partial charge on any atom is -0.466 e. The molecule has 49 heavy (non-hydrogen) atoms. The van der Waals surface area contributed by atoms with Crippen LogP contribution in [0.5, 0.6) is 0 Å². The number of carbonyl (C=O) groups excluding carboxylic acids is 2. The summed E-state index contributed by atoms with van der Waals surface area (Å²) in [5.74, 6) is 0.380. The third-order valence-electron chi connectivity index (χ3n) is 9.12. The number of carbonyl (C=O) groups is 2. The Morgan fingerprint density at radius 3 is 2.27 bits per heavy atom. The Kier molecular flexibility index (Phi) is 10.5. The first-order valence-corrected chi connectivity index (χ1v) is 16.3. The molecule has 3 aromatic rings. The van der Waals surface area contributed by atoms with E-state index in [1.807, 2.05) is 6.92 Å². The lowest BCUT2D eigenvalue weighted by atomic mass is 9.93. The molecule has 2 fully saturated rings. The highest BCUT2D eigenvalue weighted by molar-refractivity contribution is 5.77. The largest absolute Gasteiger partial charge is 0.466 e. The molecule has 1 amide bonds. The van der Waals surface area contributed by atoms with Crippen molar-refractivity contribution in [2.24, 2.45) is 0 Å². The van der Waals surface area contributed by atoms with E-state index < -0.39 is 53.3 Å². The Hall–Kier alpha value is -4.30. The van der Waals surface area contributed by atoms with Crippen molar-refractivity contribution in [3.8, 4) is 11.3 Å². The molecule has 2 aliphatic rings. The number of nitrogens with zero attached hydrogens (tertiary/aromatic N) is 4. The molecule has 1 aromatic carbocycles. The van der Waals surface area contributed by atoms with E-state index >= 15 is 0 Å². The van der Waals surface area contributed by atoms with Gasteiger partial charge in [0.15, 0.2) is 5.76 Å². The van der Waals surface area contributed by atoms with E-state index in [1.165, 1.54) is 11.8 Å². The van der Waals surface area contributed by atoms with E-state index in [0.717, 1.165) is 32.1 Å². The lowest BCUT2D eigenvalue weighted by Crippen LogP contribution is -2.39. The summed E-state index contributed by atoms with van der Waals surface area (Å²) in [6, 6.07) is 2.18. The van der Waals surface area contributed by atoms with Crippen LogP contribution in [-0.4, -0.2) is 52.3 Å². The molecule has 0 unspecified atom stereocenters. The molecule has 2 atom stereocenters. The summed E-state index contributed by atoms with van der Waals surface area (Å²) in [7, 11) is 0. The van der Waals surface area contributed by atoms with E-state index in [1.54, 1.807) is 26.1 Å². The lowest BCUT2D eigenvalue weighted by molar-refractivity contribution is -0.144. The van der Waals surface area contributed by atoms with Crippen LogP contribution in [0, 0.1) is 6.92 Å². The number of amides is 1. The van der Waals surface area contributed by atoms with Crippen molar-refractivity contribution in [3.63, 3.8) is 0 Å². The molecular formula is C34H38F6N4O5. The Bertz CT molecular complexity index is 1640. The molecule has 0 bridgehead atoms. The molecule has 5 rings (SSSR count). The van der Waals surface area contributed by atoms with E-state index in [2.05, 4.69) is 10.1 Å². The highest BCUT2D eigenvalue weighted by Crippen LogP contribution is 2.42. The average Bonchev–Trinajstić information content (AvgIpc) is 3.55. The van der Waals surface area contributed by atoms with Crippen LogP contribution in [0.3, 0.4) is 0 Å². The smallest absolute Gasteiger partial charge is 0.416 e. The summed E-state index contributed by atoms with van der Waals surface area (Å²) in [4.78, 5) is 33.9. The molecule has 0 N–H and O–H groups in total. The van der Waals surface area contributed by atoms with Crippen molar-refractivity contribution >= 4 is 17.9 Å². The highest BCUT2D eigenvalue weighted by atomic mass is 19.4. The summed E-state index contributed by atoms with van der Waals surface area (Å²) in [5, 5.41) is 4.04. The van der Waals surface area contributed by atoms with E-state index in [4.69, 9.17) is 19.0 Å². The normalized spacial score (nSPS) is 18.9. The first-order chi connectivity index (χ1) is 23.1. The Morgan fingerprint density at radius 1 is 1.02 bits per heavy atom. The molecule has 0 spiro atoms. The van der Waals surface area contributed by atoms with Crippen LogP contribution in [0.2, 0.25) is 0 Å². The number of benzene rings is 1. The van der Waals surface area contributed by atoms with Gasteiger partial charge in [-0.2, -0.15) is 26.3 Å². The second-order valence-electron chi connectivity index (χ2n) is 12.4. The lowest BCUT2D eigenvalue weighted by Gasteiger charge is -2.36. The van der Waals surface area contributed by atoms with Crippen LogP contribution in [-0.2, 0) is 39.6 Å². The molecular weight excluding hydrogens is 658 g/mol. The fourth-order valence-electron chi connectivity index (χ4n) is 6.64. The average molecular weight is 697 g/mol. The summed E-state index contributed by atoms with van der Waals surface area (Å²) < 4.78 is 98.1. The van der Waals surface area contributed by atoms with Gasteiger partial charge in [0.1, 0.15) is 11.9 Å². The van der Waals surface area contributed by atoms with Crippen molar-refractivity contribution in [3.05, 3.63) is 64.0 Å². The van der Waals surface area contributed by atoms with Gasteiger partial charge in [-0.3, -0.25) is 9.69 Å². The van der Waals surface area contributed by atoms with Crippen LogP contribution in [0.25, 0.3) is 11.3 Å². The molecule has 2 aromatic heterocycles. The third-order valence-corrected chi connectivity index (χ3v) is 9.12. The summed E-state index contributed by atoms with van der Waals surface area (Å²) >= 11 is 0. The van der Waals surface area contributed by atoms with Crippen molar-refractivity contribution in [1.29, 1.82) is 0 Å². The van der Waals surface area contributed by atoms with Gasteiger partial charge in [0, 0.05) is 35.5 Å². The van der Waals surface area contributed by atoms with Crippen LogP contribution < -0.4 is 4.90 Å². The summed E-state index contributed by atoms with van der Waals surface area (Å²) in [6.45, 7) is 7.53. The van der Waals surface area contributed by atoms with Gasteiger partial charge in [-0.05, 0) is 70.4 Å². The van der Waals surface area contributed by atoms with E-state index in [0.29, 0.717) is 46.9 Å². The van der Waals surface area contributed by atoms with Crippen LogP contribution in [0.15, 0.2) is 35.0 Å². The number of ether oxygens (including phenoxy) is 2. The number of hydrogen-bond acceptors (Lipinski definition) is 8. The van der Waals surface area contributed by atoms with Gasteiger partial charge in [0.2, 0.25) is 0 Å². The van der Waals surface area contributed by atoms with Crippen molar-refractivity contribution in [2.75, 3.05) is 18.1 Å². The number of anilines is 1. The second-order valence-corrected chi connectivity index (χ2v) is 12.4. The molecule has 1 saturated heterocycles. The maximum Gasteiger partial charge on any atom is 0.416 e. The summed E-state index contributed by atoms with van der Waals surface area (Å²) in [6.07, 6.45) is -5.89. The number of halogens is 6. The van der Waals surface area contributed by atoms with Gasteiger partial charge >= 0.3 is 24.4 Å². The first kappa shape index (κ1) is 36.0. The highest BCUT2D eigenvalue weighted by Gasteiger charge is 2.44. The summed E-state index contributed by atoms with van der Waals surface area (Å²) in [5.41, 5.74) is -1.43. The topological polar surface area (TPSA) is 98.0 Å². The molecule has 1 aliphatic carbocycles. The Morgan fingerprint density at radius 2 is 1.67 bits per heavy atom. The molecule has 9 nitrogen and oxygen atoms in total. The van der Waals surface area contributed by atoms with Gasteiger partial charge < -0.3 is 18.9 Å². The SMILES string of the molecule is CCOC(=O)Cc1c(C)noc1-c1cnc(N(CC)C2CCCCC2)c(CN2C(=O)O[C@H](c3cc(C(F)(F)F)cc(C(F)(F)F)c3)[C@@H]2C)c1. The minimum atomic E-state index is -5.06. The van der Waals surface area contributed by atoms with Gasteiger partial charge in [0.05, 0.1) is 42.4 Å². The van der Waals surface area contributed by atoms with Gasteiger partial charge in [-0.25, -0.2) is 9.78 Å². The van der Waals surface area contributed by atoms with E-state index in [9.17, 15) is 35.9 Å². The molecule has 3 heterocycles. The maximum absolute atomic E-state index is 13.6. The third kappa shape index (κ3) is 7.80. The number of cyclic esters (lactones) is 1. The Balaban J connectivity index is 1.54. The zero-order chi connectivity index (χ0) is 35.7. The quantitative estimate of drug-likeness (QED) is 0.154. The first-order valence-electron chi connectivity index (χ1n) is 16.3. The second kappa shape index (κ2) is 14.3. The minimum absolute atomic E-state index is 0.0398. The van der Waals surface area contributed by atoms with Gasteiger partial charge in [-0.1, -0.05) is 24.4 Å². The molecule has 1 saturated carbocycles. The van der Waals surface area contributed by atoms with Crippen molar-refractivity contribution < 1.29 is 49.9 Å². The number of esters is 1. The predicted molar refractivity (Wildman–Crippen MR) is 165 cm³/mol. The van der Waals surface area contributed by atoms with Crippen molar-refractivity contribution in [1.82, 2.24) is 15.0 Å². The predicted octanol–water partition coefficient (Wildman–Crippen LogP) is 8.43. The van der Waals surface area contributed by atoms with Crippen molar-refractivity contribution in [2.45, 2.75) is 103 Å². The zero-order valence-corrected chi connectivity index (χ0v) is 27.6. The molecule has 15 heteroatoms. The van der Waals surface area contributed by atoms with Gasteiger partial charge in [-0.15, -0.1) is 0 Å². The number of hydrogen-bond donors (Lipinski definition) is 0. The van der Waals surface area contributed by atoms with E-state index in [-0.39, 0.29) is 37.4 Å². The maximum atomic E-state index is 13.6. The van der Waals surface area contributed by atoms with Crippen LogP contribution >= 0.6 is 0 Å². The molecule has 0 radical (unpaired) electrons. The van der Waals surface area contributed by atoms with Crippen LogP contribution in [0.4, 0.5) is 37.0 Å². The number of alkyl halides is 6. The van der Waals surface area contributed by atoms with Gasteiger partial charge in [0.25, 0.3) is 0 Å². The fraction of sp³-hybridized carbons (Fsp3) is 0.529. The fourth-order valence-corrected chi connectivity index (χ4v) is 6.64. The monoisotopic (exact) mass is 696 g/mol. The standard InChI is InChI=1S/C34H38F6N4O5/c1-5-43(26-10-8-7-9-11-26)31-23(12-22(17-41-31)30-27(19(3)42-49-30)16-28(45)47-6-2)18-44-20(4)29(48-32(44)46)21-13-24(33(35,36)37)15-25(14-21)34(38,39)40/h12-15,17,20,26,29H,5-11,16,18H2,1-4H3/t20-,29-/m0/s1. The number of aryl methyl sites for hydroxylation is 1. The number of rotatable bonds is 10. The number of aromatic nitrogens is 2. The molecule has 1 aliphatic heterocycles. The zero-order valence-electron chi connectivity index (χ0n) is 27.6. The van der Waals surface area contributed by atoms with Crippen LogP contribution in [0.1, 0.15) is 92.5 Å².